The first kappa shape index (κ1) is 27.9. The molecule has 0 saturated heterocycles. The van der Waals surface area contributed by atoms with Crippen LogP contribution in [-0.4, -0.2) is 14.1 Å². The quantitative estimate of drug-likeness (QED) is 0.570. The topological polar surface area (TPSA) is 12.5 Å². The van der Waals surface area contributed by atoms with Gasteiger partial charge in [0.25, 0.3) is 0 Å². The van der Waals surface area contributed by atoms with Crippen LogP contribution in [0.25, 0.3) is 0 Å². The number of ether oxygens (including phenoxy) is 1. The van der Waals surface area contributed by atoms with E-state index in [0.29, 0.717) is 6.61 Å². The van der Waals surface area contributed by atoms with Crippen molar-refractivity contribution in [1.82, 2.24) is 0 Å². The zero-order valence-corrected chi connectivity index (χ0v) is 18.3. The molecule has 0 amide bonds. The number of anilines is 1. The minimum absolute atomic E-state index is 0.603. The minimum Gasteiger partial charge on any atom is -0.489 e. The maximum absolute atomic E-state index is 5.71. The molecule has 2 aromatic carbocycles. The molecule has 2 nitrogen and oxygen atoms in total. The second-order valence-corrected chi connectivity index (χ2v) is 4.17. The van der Waals surface area contributed by atoms with Gasteiger partial charge in [0.1, 0.15) is 12.4 Å². The number of rotatable bonds is 4. The Hall–Kier alpha value is -1.96. The molecule has 0 spiro atoms. The van der Waals surface area contributed by atoms with E-state index in [1.54, 1.807) is 0 Å². The first-order chi connectivity index (χ1) is 12.3. The SMILES string of the molecule is CC.CC.CC.CC.CN(C)c1cccc(COc2ccccc2)c1. The predicted octanol–water partition coefficient (Wildman–Crippen LogP) is 7.44. The maximum atomic E-state index is 5.71. The lowest BCUT2D eigenvalue weighted by atomic mass is 10.2. The number of benzene rings is 2. The Morgan fingerprint density at radius 1 is 0.680 bits per heavy atom. The summed E-state index contributed by atoms with van der Waals surface area (Å²) in [5.41, 5.74) is 2.37. The Labute approximate surface area is 157 Å². The van der Waals surface area contributed by atoms with Gasteiger partial charge in [0, 0.05) is 19.8 Å². The van der Waals surface area contributed by atoms with E-state index < -0.39 is 0 Å². The zero-order valence-electron chi connectivity index (χ0n) is 18.3. The second kappa shape index (κ2) is 22.0. The monoisotopic (exact) mass is 347 g/mol. The van der Waals surface area contributed by atoms with E-state index in [1.165, 1.54) is 11.3 Å². The third kappa shape index (κ3) is 14.1. The third-order valence-corrected chi connectivity index (χ3v) is 2.58. The van der Waals surface area contributed by atoms with Gasteiger partial charge in [-0.2, -0.15) is 0 Å². The van der Waals surface area contributed by atoms with E-state index in [-0.39, 0.29) is 0 Å². The predicted molar refractivity (Wildman–Crippen MR) is 117 cm³/mol. The summed E-state index contributed by atoms with van der Waals surface area (Å²) < 4.78 is 5.71. The molecule has 0 N–H and O–H groups in total. The van der Waals surface area contributed by atoms with Gasteiger partial charge in [-0.05, 0) is 29.8 Å². The van der Waals surface area contributed by atoms with Crippen LogP contribution in [0.2, 0.25) is 0 Å². The molecule has 0 saturated carbocycles. The summed E-state index contributed by atoms with van der Waals surface area (Å²) in [4.78, 5) is 2.09. The highest BCUT2D eigenvalue weighted by Crippen LogP contribution is 2.16. The lowest BCUT2D eigenvalue weighted by molar-refractivity contribution is 0.306. The van der Waals surface area contributed by atoms with Crippen LogP contribution in [0.5, 0.6) is 5.75 Å². The highest BCUT2D eigenvalue weighted by molar-refractivity contribution is 5.47. The molecule has 0 bridgehead atoms. The van der Waals surface area contributed by atoms with Crippen LogP contribution in [0.3, 0.4) is 0 Å². The summed E-state index contributed by atoms with van der Waals surface area (Å²) in [6.45, 7) is 16.6. The van der Waals surface area contributed by atoms with Crippen molar-refractivity contribution >= 4 is 5.69 Å². The van der Waals surface area contributed by atoms with Gasteiger partial charge in [0.05, 0.1) is 0 Å². The van der Waals surface area contributed by atoms with Crippen molar-refractivity contribution in [2.24, 2.45) is 0 Å². The Morgan fingerprint density at radius 3 is 1.68 bits per heavy atom. The molecule has 0 unspecified atom stereocenters. The molecular weight excluding hydrogens is 306 g/mol. The number of hydrogen-bond acceptors (Lipinski definition) is 2. The second-order valence-electron chi connectivity index (χ2n) is 4.17. The summed E-state index contributed by atoms with van der Waals surface area (Å²) in [5, 5.41) is 0. The van der Waals surface area contributed by atoms with E-state index in [4.69, 9.17) is 4.74 Å². The molecule has 0 aromatic heterocycles. The third-order valence-electron chi connectivity index (χ3n) is 2.58. The molecule has 0 fully saturated rings. The van der Waals surface area contributed by atoms with Crippen LogP contribution in [0, 0.1) is 0 Å². The van der Waals surface area contributed by atoms with Crippen LogP contribution in [0.15, 0.2) is 54.6 Å². The van der Waals surface area contributed by atoms with Gasteiger partial charge < -0.3 is 9.64 Å². The molecule has 0 aliphatic heterocycles. The van der Waals surface area contributed by atoms with Crippen molar-refractivity contribution in [2.45, 2.75) is 62.0 Å². The molecule has 2 heteroatoms. The normalized spacial score (nSPS) is 7.76. The van der Waals surface area contributed by atoms with Crippen molar-refractivity contribution in [3.8, 4) is 5.75 Å². The summed E-state index contributed by atoms with van der Waals surface area (Å²) in [7, 11) is 4.08. The molecule has 144 valence electrons. The lowest BCUT2D eigenvalue weighted by Crippen LogP contribution is -2.09. The van der Waals surface area contributed by atoms with Gasteiger partial charge in [-0.15, -0.1) is 0 Å². The van der Waals surface area contributed by atoms with Gasteiger partial charge >= 0.3 is 0 Å². The molecule has 0 heterocycles. The average molecular weight is 348 g/mol. The van der Waals surface area contributed by atoms with E-state index >= 15 is 0 Å². The molecule has 25 heavy (non-hydrogen) atoms. The van der Waals surface area contributed by atoms with Crippen LogP contribution in [0.4, 0.5) is 5.69 Å². The van der Waals surface area contributed by atoms with Crippen molar-refractivity contribution < 1.29 is 4.74 Å². The standard InChI is InChI=1S/C15H17NO.4C2H6/c1-16(2)14-8-6-7-13(11-14)12-17-15-9-4-3-5-10-15;4*1-2/h3-11H,12H2,1-2H3;4*1-2H3. The number of hydrogen-bond donors (Lipinski definition) is 0. The van der Waals surface area contributed by atoms with Gasteiger partial charge in [0.15, 0.2) is 0 Å². The van der Waals surface area contributed by atoms with E-state index in [0.717, 1.165) is 5.75 Å². The molecule has 2 rings (SSSR count). The van der Waals surface area contributed by atoms with Crippen molar-refractivity contribution in [3.05, 3.63) is 60.2 Å². The first-order valence-electron chi connectivity index (χ1n) is 9.70. The van der Waals surface area contributed by atoms with Crippen molar-refractivity contribution in [2.75, 3.05) is 19.0 Å². The van der Waals surface area contributed by atoms with Gasteiger partial charge in [-0.25, -0.2) is 0 Å². The summed E-state index contributed by atoms with van der Waals surface area (Å²) >= 11 is 0. The van der Waals surface area contributed by atoms with Crippen LogP contribution >= 0.6 is 0 Å². The van der Waals surface area contributed by atoms with Crippen molar-refractivity contribution in [1.29, 1.82) is 0 Å². The Bertz CT molecular complexity index is 467. The Kier molecular flexibility index (Phi) is 24.6. The van der Waals surface area contributed by atoms with Gasteiger partial charge in [-0.1, -0.05) is 85.7 Å². The van der Waals surface area contributed by atoms with Crippen LogP contribution < -0.4 is 9.64 Å². The zero-order chi connectivity index (χ0) is 20.1. The van der Waals surface area contributed by atoms with Crippen LogP contribution in [0.1, 0.15) is 61.0 Å². The fourth-order valence-corrected chi connectivity index (χ4v) is 1.61. The molecule has 0 radical (unpaired) electrons. The molecular formula is C23H41NO. The van der Waals surface area contributed by atoms with E-state index in [1.807, 2.05) is 99.8 Å². The molecule has 0 aliphatic rings. The van der Waals surface area contributed by atoms with E-state index in [9.17, 15) is 0 Å². The summed E-state index contributed by atoms with van der Waals surface area (Å²) in [5.74, 6) is 0.905. The highest BCUT2D eigenvalue weighted by Gasteiger charge is 1.98. The Balaban J connectivity index is -0.000000533. The van der Waals surface area contributed by atoms with Gasteiger partial charge in [-0.3, -0.25) is 0 Å². The fourth-order valence-electron chi connectivity index (χ4n) is 1.61. The highest BCUT2D eigenvalue weighted by atomic mass is 16.5. The Morgan fingerprint density at radius 2 is 1.20 bits per heavy atom. The number of para-hydroxylation sites is 1. The first-order valence-corrected chi connectivity index (χ1v) is 9.70. The summed E-state index contributed by atoms with van der Waals surface area (Å²) in [6.07, 6.45) is 0. The lowest BCUT2D eigenvalue weighted by Gasteiger charge is -2.13. The fraction of sp³-hybridized carbons (Fsp3) is 0.478. The smallest absolute Gasteiger partial charge is 0.119 e. The van der Waals surface area contributed by atoms with Crippen LogP contribution in [-0.2, 0) is 6.61 Å². The average Bonchev–Trinajstić information content (AvgIpc) is 2.73. The molecule has 0 aliphatic carbocycles. The maximum Gasteiger partial charge on any atom is 0.119 e. The molecule has 2 aromatic rings. The van der Waals surface area contributed by atoms with Gasteiger partial charge in [0.2, 0.25) is 0 Å². The molecule has 0 atom stereocenters. The summed E-state index contributed by atoms with van der Waals surface area (Å²) in [6, 6.07) is 18.2. The largest absolute Gasteiger partial charge is 0.489 e. The van der Waals surface area contributed by atoms with E-state index in [2.05, 4.69) is 29.2 Å². The minimum atomic E-state index is 0.603. The number of nitrogens with zero attached hydrogens (tertiary/aromatic N) is 1. The van der Waals surface area contributed by atoms with Crippen molar-refractivity contribution in [3.63, 3.8) is 0 Å².